The maximum absolute atomic E-state index is 11.0. The number of aromatic nitrogens is 3. The van der Waals surface area contributed by atoms with Gasteiger partial charge >= 0.3 is 5.97 Å². The van der Waals surface area contributed by atoms with Crippen LogP contribution in [-0.4, -0.2) is 25.6 Å². The van der Waals surface area contributed by atoms with Crippen molar-refractivity contribution < 1.29 is 14.3 Å². The Morgan fingerprint density at radius 1 is 1.40 bits per heavy atom. The summed E-state index contributed by atoms with van der Waals surface area (Å²) in [5.74, 6) is 0.460. The maximum atomic E-state index is 11.0. The second-order valence-corrected chi connectivity index (χ2v) is 4.45. The smallest absolute Gasteiger partial charge is 0.335 e. The number of carboxylic acid groups (broad SMARTS) is 1. The van der Waals surface area contributed by atoms with Crippen LogP contribution in [-0.2, 0) is 13.0 Å². The van der Waals surface area contributed by atoms with E-state index in [0.29, 0.717) is 12.4 Å². The first-order chi connectivity index (χ1) is 9.67. The Labute approximate surface area is 114 Å². The Morgan fingerprint density at radius 2 is 2.25 bits per heavy atom. The van der Waals surface area contributed by atoms with Crippen molar-refractivity contribution in [3.8, 4) is 0 Å². The minimum Gasteiger partial charge on any atom is -0.478 e. The van der Waals surface area contributed by atoms with Gasteiger partial charge in [-0.3, -0.25) is 0 Å². The lowest BCUT2D eigenvalue weighted by Crippen LogP contribution is -2.00. The van der Waals surface area contributed by atoms with Gasteiger partial charge in [0.25, 0.3) is 0 Å². The number of rotatable bonds is 4. The molecule has 0 unspecified atom stereocenters. The number of oxazole rings is 1. The Morgan fingerprint density at radius 3 is 2.95 bits per heavy atom. The van der Waals surface area contributed by atoms with E-state index in [9.17, 15) is 4.79 Å². The molecule has 0 amide bonds. The molecule has 0 atom stereocenters. The Kier molecular flexibility index (Phi) is 2.98. The number of aromatic carboxylic acids is 1. The van der Waals surface area contributed by atoms with E-state index in [1.54, 1.807) is 30.7 Å². The molecule has 0 bridgehead atoms. The van der Waals surface area contributed by atoms with Crippen LogP contribution in [0.3, 0.4) is 0 Å². The summed E-state index contributed by atoms with van der Waals surface area (Å²) in [6.45, 7) is 2.43. The van der Waals surface area contributed by atoms with Crippen LogP contribution in [0.4, 0.5) is 0 Å². The number of fused-ring (bicyclic) bond motifs is 1. The summed E-state index contributed by atoms with van der Waals surface area (Å²) in [7, 11) is 0. The molecule has 0 saturated heterocycles. The molecule has 2 aromatic heterocycles. The highest BCUT2D eigenvalue weighted by molar-refractivity contribution is 5.92. The predicted molar refractivity (Wildman–Crippen MR) is 71.7 cm³/mol. The first kappa shape index (κ1) is 12.4. The molecular weight excluding hydrogens is 258 g/mol. The van der Waals surface area contributed by atoms with Crippen molar-refractivity contribution in [3.63, 3.8) is 0 Å². The second-order valence-electron chi connectivity index (χ2n) is 4.45. The maximum Gasteiger partial charge on any atom is 0.335 e. The molecule has 20 heavy (non-hydrogen) atoms. The predicted octanol–water partition coefficient (Wildman–Crippen LogP) is 2.33. The third-order valence-corrected chi connectivity index (χ3v) is 3.12. The van der Waals surface area contributed by atoms with Crippen molar-refractivity contribution in [2.75, 3.05) is 0 Å². The van der Waals surface area contributed by atoms with Gasteiger partial charge < -0.3 is 14.1 Å². The molecule has 0 saturated carbocycles. The average Bonchev–Trinajstić information content (AvgIpc) is 3.06. The molecule has 0 aliphatic rings. The van der Waals surface area contributed by atoms with E-state index in [1.165, 1.54) is 0 Å². The van der Waals surface area contributed by atoms with Crippen LogP contribution in [0.5, 0.6) is 0 Å². The molecule has 0 radical (unpaired) electrons. The van der Waals surface area contributed by atoms with Gasteiger partial charge in [-0.2, -0.15) is 0 Å². The van der Waals surface area contributed by atoms with Gasteiger partial charge in [0.15, 0.2) is 0 Å². The summed E-state index contributed by atoms with van der Waals surface area (Å²) >= 11 is 0. The lowest BCUT2D eigenvalue weighted by atomic mass is 10.2. The number of hydrogen-bond acceptors (Lipinski definition) is 4. The van der Waals surface area contributed by atoms with Crippen molar-refractivity contribution in [1.82, 2.24) is 14.5 Å². The van der Waals surface area contributed by atoms with E-state index in [2.05, 4.69) is 9.97 Å². The number of hydrogen-bond donors (Lipinski definition) is 1. The van der Waals surface area contributed by atoms with E-state index >= 15 is 0 Å². The van der Waals surface area contributed by atoms with E-state index in [4.69, 9.17) is 9.52 Å². The van der Waals surface area contributed by atoms with Crippen molar-refractivity contribution in [1.29, 1.82) is 0 Å². The molecule has 0 spiro atoms. The van der Waals surface area contributed by atoms with Crippen LogP contribution in [0, 0.1) is 0 Å². The monoisotopic (exact) mass is 271 g/mol. The van der Waals surface area contributed by atoms with Crippen LogP contribution >= 0.6 is 0 Å². The number of benzene rings is 1. The summed E-state index contributed by atoms with van der Waals surface area (Å²) < 4.78 is 7.38. The molecule has 3 rings (SSSR count). The lowest BCUT2D eigenvalue weighted by Gasteiger charge is -2.01. The summed E-state index contributed by atoms with van der Waals surface area (Å²) in [5, 5.41) is 9.04. The second kappa shape index (κ2) is 4.80. The number of nitrogens with zero attached hydrogens (tertiary/aromatic N) is 3. The normalized spacial score (nSPS) is 11.1. The van der Waals surface area contributed by atoms with Crippen molar-refractivity contribution in [3.05, 3.63) is 47.9 Å². The Balaban J connectivity index is 1.98. The van der Waals surface area contributed by atoms with E-state index in [1.807, 2.05) is 11.5 Å². The largest absolute Gasteiger partial charge is 0.478 e. The Bertz CT molecular complexity index is 773. The zero-order valence-corrected chi connectivity index (χ0v) is 10.9. The van der Waals surface area contributed by atoms with E-state index < -0.39 is 5.97 Å². The SMILES string of the molecule is CCc1cnc(Cn2cnc3ccc(C(=O)O)cc32)o1. The van der Waals surface area contributed by atoms with Crippen LogP contribution < -0.4 is 0 Å². The summed E-state index contributed by atoms with van der Waals surface area (Å²) in [5.41, 5.74) is 1.74. The van der Waals surface area contributed by atoms with Gasteiger partial charge in [0.05, 0.1) is 29.1 Å². The fraction of sp³-hybridized carbons (Fsp3) is 0.214. The Hall–Kier alpha value is -2.63. The molecule has 0 aliphatic carbocycles. The van der Waals surface area contributed by atoms with Gasteiger partial charge in [0, 0.05) is 6.42 Å². The van der Waals surface area contributed by atoms with Crippen LogP contribution in [0.1, 0.15) is 28.9 Å². The third kappa shape index (κ3) is 2.16. The molecule has 6 nitrogen and oxygen atoms in total. The van der Waals surface area contributed by atoms with Gasteiger partial charge in [0.2, 0.25) is 5.89 Å². The van der Waals surface area contributed by atoms with Gasteiger partial charge in [-0.15, -0.1) is 0 Å². The summed E-state index contributed by atoms with van der Waals surface area (Å²) in [6.07, 6.45) is 4.16. The molecule has 0 fully saturated rings. The highest BCUT2D eigenvalue weighted by Crippen LogP contribution is 2.17. The first-order valence-electron chi connectivity index (χ1n) is 6.29. The van der Waals surface area contributed by atoms with Gasteiger partial charge in [-0.25, -0.2) is 14.8 Å². The number of aryl methyl sites for hydroxylation is 1. The van der Waals surface area contributed by atoms with Crippen LogP contribution in [0.2, 0.25) is 0 Å². The number of imidazole rings is 1. The molecule has 2 heterocycles. The lowest BCUT2D eigenvalue weighted by molar-refractivity contribution is 0.0697. The minimum atomic E-state index is -0.955. The van der Waals surface area contributed by atoms with Gasteiger partial charge in [-0.05, 0) is 18.2 Å². The topological polar surface area (TPSA) is 81.2 Å². The standard InChI is InChI=1S/C14H13N3O3/c1-2-10-6-15-13(20-10)7-17-8-16-11-4-3-9(14(18)19)5-12(11)17/h3-6,8H,2,7H2,1H3,(H,18,19). The fourth-order valence-electron chi connectivity index (χ4n) is 2.05. The van der Waals surface area contributed by atoms with Gasteiger partial charge in [-0.1, -0.05) is 6.92 Å². The van der Waals surface area contributed by atoms with Crippen molar-refractivity contribution in [2.24, 2.45) is 0 Å². The molecule has 102 valence electrons. The molecular formula is C14H13N3O3. The van der Waals surface area contributed by atoms with E-state index in [0.717, 1.165) is 23.2 Å². The third-order valence-electron chi connectivity index (χ3n) is 3.12. The van der Waals surface area contributed by atoms with Crippen LogP contribution in [0.25, 0.3) is 11.0 Å². The average molecular weight is 271 g/mol. The molecule has 6 heteroatoms. The highest BCUT2D eigenvalue weighted by Gasteiger charge is 2.10. The zero-order chi connectivity index (χ0) is 14.1. The fourth-order valence-corrected chi connectivity index (χ4v) is 2.05. The molecule has 0 aliphatic heterocycles. The molecule has 1 N–H and O–H groups in total. The summed E-state index contributed by atoms with van der Waals surface area (Å²) in [6, 6.07) is 4.85. The van der Waals surface area contributed by atoms with Crippen molar-refractivity contribution >= 4 is 17.0 Å². The zero-order valence-electron chi connectivity index (χ0n) is 10.9. The first-order valence-corrected chi connectivity index (χ1v) is 6.29. The van der Waals surface area contributed by atoms with E-state index in [-0.39, 0.29) is 5.56 Å². The quantitative estimate of drug-likeness (QED) is 0.787. The van der Waals surface area contributed by atoms with Crippen molar-refractivity contribution in [2.45, 2.75) is 19.9 Å². The van der Waals surface area contributed by atoms with Gasteiger partial charge in [0.1, 0.15) is 12.3 Å². The highest BCUT2D eigenvalue weighted by atomic mass is 16.4. The van der Waals surface area contributed by atoms with Crippen LogP contribution in [0.15, 0.2) is 35.1 Å². The minimum absolute atomic E-state index is 0.237. The number of carbonyl (C=O) groups is 1. The molecule has 3 aromatic rings. The number of carboxylic acids is 1. The molecule has 1 aromatic carbocycles. The summed E-state index contributed by atoms with van der Waals surface area (Å²) in [4.78, 5) is 19.5.